The molecule has 0 saturated heterocycles. The normalized spacial score (nSPS) is 14.1. The van der Waals surface area contributed by atoms with Crippen molar-refractivity contribution in [1.29, 1.82) is 0 Å². The van der Waals surface area contributed by atoms with E-state index in [-0.39, 0.29) is 6.10 Å². The molecule has 62 valence electrons. The largest absolute Gasteiger partial charge is 0.391 e. The van der Waals surface area contributed by atoms with Crippen LogP contribution in [0.5, 0.6) is 0 Å². The fraction of sp³-hybridized carbons (Fsp3) is 1.00. The molecule has 0 heterocycles. The topological polar surface area (TPSA) is 32.7 Å². The van der Waals surface area contributed by atoms with E-state index in [4.69, 9.17) is 9.84 Å². The molecule has 0 aliphatic heterocycles. The summed E-state index contributed by atoms with van der Waals surface area (Å²) in [5.74, 6) is 0. The summed E-state index contributed by atoms with van der Waals surface area (Å²) in [7, 11) is 5.57. The second-order valence-corrected chi connectivity index (χ2v) is 2.70. The number of rotatable bonds is 5. The molecular formula is C7H17NO2. The summed E-state index contributed by atoms with van der Waals surface area (Å²) in [5.41, 5.74) is 0. The van der Waals surface area contributed by atoms with Crippen LogP contribution in [-0.2, 0) is 4.74 Å². The molecule has 0 aromatic carbocycles. The second-order valence-electron chi connectivity index (χ2n) is 2.70. The molecule has 1 atom stereocenters. The summed E-state index contributed by atoms with van der Waals surface area (Å²) in [6, 6.07) is 0. The average molecular weight is 147 g/mol. The molecule has 0 bridgehead atoms. The maximum Gasteiger partial charge on any atom is 0.0785 e. The van der Waals surface area contributed by atoms with Crippen molar-refractivity contribution in [1.82, 2.24) is 4.90 Å². The van der Waals surface area contributed by atoms with Crippen molar-refractivity contribution in [3.8, 4) is 0 Å². The van der Waals surface area contributed by atoms with E-state index in [9.17, 15) is 0 Å². The van der Waals surface area contributed by atoms with E-state index in [1.807, 2.05) is 19.0 Å². The van der Waals surface area contributed by atoms with Crippen molar-refractivity contribution >= 4 is 0 Å². The Labute approximate surface area is 62.6 Å². The fourth-order valence-corrected chi connectivity index (χ4v) is 0.683. The van der Waals surface area contributed by atoms with E-state index in [1.165, 1.54) is 0 Å². The number of aliphatic hydroxyl groups is 1. The van der Waals surface area contributed by atoms with Crippen LogP contribution in [0, 0.1) is 0 Å². The average Bonchev–Trinajstić information content (AvgIpc) is 1.85. The van der Waals surface area contributed by atoms with Crippen LogP contribution < -0.4 is 0 Å². The van der Waals surface area contributed by atoms with Crippen molar-refractivity contribution in [3.05, 3.63) is 0 Å². The van der Waals surface area contributed by atoms with Crippen molar-refractivity contribution in [2.24, 2.45) is 0 Å². The van der Waals surface area contributed by atoms with E-state index < -0.39 is 0 Å². The van der Waals surface area contributed by atoms with Crippen molar-refractivity contribution in [3.63, 3.8) is 0 Å². The number of methoxy groups -OCH3 is 1. The molecule has 0 spiro atoms. The summed E-state index contributed by atoms with van der Waals surface area (Å²) in [6.07, 6.45) is 0.466. The molecule has 0 aliphatic carbocycles. The first kappa shape index (κ1) is 9.88. The highest BCUT2D eigenvalue weighted by Gasteiger charge is 2.02. The van der Waals surface area contributed by atoms with E-state index in [2.05, 4.69) is 0 Å². The van der Waals surface area contributed by atoms with Crippen LogP contribution in [0.15, 0.2) is 0 Å². The lowest BCUT2D eigenvalue weighted by Crippen LogP contribution is -2.22. The highest BCUT2D eigenvalue weighted by molar-refractivity contribution is 4.55. The summed E-state index contributed by atoms with van der Waals surface area (Å²) in [4.78, 5) is 2.04. The van der Waals surface area contributed by atoms with Gasteiger partial charge in [0.15, 0.2) is 0 Å². The number of ether oxygens (including phenoxy) is 1. The second kappa shape index (κ2) is 5.65. The number of hydrogen-bond donors (Lipinski definition) is 1. The molecule has 0 aromatic heterocycles. The first-order chi connectivity index (χ1) is 4.66. The SMILES string of the molecule is COCC(O)CCN(C)C. The zero-order valence-corrected chi connectivity index (χ0v) is 7.00. The Morgan fingerprint density at radius 1 is 1.50 bits per heavy atom. The maximum absolute atomic E-state index is 9.15. The van der Waals surface area contributed by atoms with Gasteiger partial charge in [-0.05, 0) is 20.5 Å². The zero-order valence-electron chi connectivity index (χ0n) is 7.00. The summed E-state index contributed by atoms with van der Waals surface area (Å²) >= 11 is 0. The predicted molar refractivity (Wildman–Crippen MR) is 41.1 cm³/mol. The molecule has 0 amide bonds. The molecular weight excluding hydrogens is 130 g/mol. The predicted octanol–water partition coefficient (Wildman–Crippen LogP) is -0.0546. The fourth-order valence-electron chi connectivity index (χ4n) is 0.683. The number of hydrogen-bond acceptors (Lipinski definition) is 3. The van der Waals surface area contributed by atoms with Gasteiger partial charge in [0.25, 0.3) is 0 Å². The third kappa shape index (κ3) is 6.01. The van der Waals surface area contributed by atoms with Gasteiger partial charge < -0.3 is 14.7 Å². The molecule has 0 aliphatic rings. The summed E-state index contributed by atoms with van der Waals surface area (Å²) in [5, 5.41) is 9.15. The minimum atomic E-state index is -0.313. The van der Waals surface area contributed by atoms with E-state index in [0.717, 1.165) is 13.0 Å². The Balaban J connectivity index is 3.12. The maximum atomic E-state index is 9.15. The van der Waals surface area contributed by atoms with Crippen LogP contribution in [0.25, 0.3) is 0 Å². The molecule has 0 aromatic rings. The molecule has 0 fully saturated rings. The van der Waals surface area contributed by atoms with Gasteiger partial charge in [0.05, 0.1) is 12.7 Å². The summed E-state index contributed by atoms with van der Waals surface area (Å²) < 4.78 is 4.77. The van der Waals surface area contributed by atoms with Gasteiger partial charge in [-0.1, -0.05) is 0 Å². The van der Waals surface area contributed by atoms with Gasteiger partial charge >= 0.3 is 0 Å². The monoisotopic (exact) mass is 147 g/mol. The minimum Gasteiger partial charge on any atom is -0.391 e. The lowest BCUT2D eigenvalue weighted by Gasteiger charge is -2.12. The molecule has 1 N–H and O–H groups in total. The smallest absolute Gasteiger partial charge is 0.0785 e. The molecule has 10 heavy (non-hydrogen) atoms. The van der Waals surface area contributed by atoms with Gasteiger partial charge in [-0.3, -0.25) is 0 Å². The molecule has 3 nitrogen and oxygen atoms in total. The number of aliphatic hydroxyl groups excluding tert-OH is 1. The Morgan fingerprint density at radius 2 is 2.10 bits per heavy atom. The van der Waals surface area contributed by atoms with Crippen LogP contribution in [0.3, 0.4) is 0 Å². The Hall–Kier alpha value is -0.120. The molecule has 0 radical (unpaired) electrons. The van der Waals surface area contributed by atoms with Gasteiger partial charge in [-0.2, -0.15) is 0 Å². The van der Waals surface area contributed by atoms with E-state index in [0.29, 0.717) is 6.61 Å². The van der Waals surface area contributed by atoms with Gasteiger partial charge in [-0.25, -0.2) is 0 Å². The Bertz CT molecular complexity index is 76.0. The van der Waals surface area contributed by atoms with Gasteiger partial charge in [-0.15, -0.1) is 0 Å². The third-order valence-corrected chi connectivity index (χ3v) is 1.27. The minimum absolute atomic E-state index is 0.313. The first-order valence-corrected chi connectivity index (χ1v) is 3.48. The zero-order chi connectivity index (χ0) is 7.98. The highest BCUT2D eigenvalue weighted by atomic mass is 16.5. The molecule has 1 unspecified atom stereocenters. The van der Waals surface area contributed by atoms with Gasteiger partial charge in [0.1, 0.15) is 0 Å². The third-order valence-electron chi connectivity index (χ3n) is 1.27. The molecule has 0 rings (SSSR count). The lowest BCUT2D eigenvalue weighted by molar-refractivity contribution is 0.0548. The highest BCUT2D eigenvalue weighted by Crippen LogP contribution is 1.92. The Morgan fingerprint density at radius 3 is 2.50 bits per heavy atom. The van der Waals surface area contributed by atoms with Crippen LogP contribution in [0.1, 0.15) is 6.42 Å². The first-order valence-electron chi connectivity index (χ1n) is 3.48. The van der Waals surface area contributed by atoms with Crippen LogP contribution in [-0.4, -0.2) is 50.5 Å². The standard InChI is InChI=1S/C7H17NO2/c1-8(2)5-4-7(9)6-10-3/h7,9H,4-6H2,1-3H3. The van der Waals surface area contributed by atoms with E-state index >= 15 is 0 Å². The molecule has 0 saturated carbocycles. The van der Waals surface area contributed by atoms with E-state index in [1.54, 1.807) is 7.11 Å². The van der Waals surface area contributed by atoms with Gasteiger partial charge in [0, 0.05) is 13.7 Å². The Kier molecular flexibility index (Phi) is 5.58. The number of nitrogens with zero attached hydrogens (tertiary/aromatic N) is 1. The van der Waals surface area contributed by atoms with Gasteiger partial charge in [0.2, 0.25) is 0 Å². The van der Waals surface area contributed by atoms with Crippen molar-refractivity contribution in [2.45, 2.75) is 12.5 Å². The lowest BCUT2D eigenvalue weighted by atomic mass is 10.2. The molecule has 3 heteroatoms. The van der Waals surface area contributed by atoms with Crippen LogP contribution in [0.2, 0.25) is 0 Å². The van der Waals surface area contributed by atoms with Crippen LogP contribution >= 0.6 is 0 Å². The van der Waals surface area contributed by atoms with Crippen molar-refractivity contribution in [2.75, 3.05) is 34.4 Å². The summed E-state index contributed by atoms with van der Waals surface area (Å²) in [6.45, 7) is 1.35. The van der Waals surface area contributed by atoms with Crippen molar-refractivity contribution < 1.29 is 9.84 Å². The quantitative estimate of drug-likeness (QED) is 0.591. The van der Waals surface area contributed by atoms with Crippen LogP contribution in [0.4, 0.5) is 0 Å².